The highest BCUT2D eigenvalue weighted by molar-refractivity contribution is 5.18. The Labute approximate surface area is 75.2 Å². The lowest BCUT2D eigenvalue weighted by atomic mass is 9.46. The van der Waals surface area contributed by atoms with Gasteiger partial charge >= 0.3 is 0 Å². The van der Waals surface area contributed by atoms with Crippen molar-refractivity contribution in [1.29, 1.82) is 0 Å². The fourth-order valence-electron chi connectivity index (χ4n) is 3.85. The minimum atomic E-state index is -0.483. The predicted molar refractivity (Wildman–Crippen MR) is 49.9 cm³/mol. The van der Waals surface area contributed by atoms with Gasteiger partial charge in [0.2, 0.25) is 0 Å². The second-order valence-corrected chi connectivity index (χ2v) is 5.80. The third kappa shape index (κ3) is 0.654. The molecule has 0 saturated heterocycles. The van der Waals surface area contributed by atoms with Gasteiger partial charge in [-0.15, -0.1) is 0 Å². The second-order valence-electron chi connectivity index (χ2n) is 5.80. The van der Waals surface area contributed by atoms with E-state index in [4.69, 9.17) is 0 Å². The van der Waals surface area contributed by atoms with Gasteiger partial charge in [-0.1, -0.05) is 13.8 Å². The van der Waals surface area contributed by atoms with Gasteiger partial charge in [0.1, 0.15) is 0 Å². The van der Waals surface area contributed by atoms with Crippen LogP contribution in [-0.2, 0) is 0 Å². The summed E-state index contributed by atoms with van der Waals surface area (Å²) < 4.78 is 0. The fourth-order valence-corrected chi connectivity index (χ4v) is 3.85. The Morgan fingerprint density at radius 3 is 2.08 bits per heavy atom. The normalized spacial score (nSPS) is 44.2. The largest absolute Gasteiger partial charge is 0.390 e. The molecule has 1 N–H and O–H groups in total. The van der Waals surface area contributed by atoms with Gasteiger partial charge in [0.05, 0.1) is 5.60 Å². The van der Waals surface area contributed by atoms with Crippen LogP contribution in [0, 0.1) is 16.7 Å². The summed E-state index contributed by atoms with van der Waals surface area (Å²) in [6, 6.07) is 0. The molecule has 0 heterocycles. The van der Waals surface area contributed by atoms with Crippen molar-refractivity contribution < 1.29 is 5.11 Å². The average Bonchev–Trinajstić information content (AvgIpc) is 2.38. The summed E-state index contributed by atoms with van der Waals surface area (Å²) in [6.07, 6.45) is 3.81. The van der Waals surface area contributed by atoms with E-state index in [2.05, 4.69) is 13.8 Å². The van der Waals surface area contributed by atoms with E-state index in [-0.39, 0.29) is 5.41 Å². The Kier molecular flexibility index (Phi) is 1.35. The van der Waals surface area contributed by atoms with Gasteiger partial charge in [0.25, 0.3) is 0 Å². The zero-order valence-corrected chi connectivity index (χ0v) is 8.65. The summed E-state index contributed by atoms with van der Waals surface area (Å²) in [5, 5.41) is 10.2. The van der Waals surface area contributed by atoms with Crippen LogP contribution in [0.2, 0.25) is 0 Å². The lowest BCUT2D eigenvalue weighted by Gasteiger charge is -2.60. The van der Waals surface area contributed by atoms with E-state index in [9.17, 15) is 5.11 Å². The van der Waals surface area contributed by atoms with Crippen molar-refractivity contribution in [2.45, 2.75) is 52.6 Å². The van der Waals surface area contributed by atoms with Crippen molar-refractivity contribution in [3.8, 4) is 0 Å². The molecule has 0 spiro atoms. The van der Waals surface area contributed by atoms with Crippen LogP contribution in [0.3, 0.4) is 0 Å². The molecule has 2 atom stereocenters. The Morgan fingerprint density at radius 1 is 1.33 bits per heavy atom. The van der Waals surface area contributed by atoms with Crippen molar-refractivity contribution in [1.82, 2.24) is 0 Å². The van der Waals surface area contributed by atoms with E-state index in [1.807, 2.05) is 13.8 Å². The molecule has 0 radical (unpaired) electrons. The molecule has 0 amide bonds. The van der Waals surface area contributed by atoms with Gasteiger partial charge in [-0.2, -0.15) is 0 Å². The van der Waals surface area contributed by atoms with Crippen molar-refractivity contribution in [3.05, 3.63) is 0 Å². The molecule has 0 unspecified atom stereocenters. The monoisotopic (exact) mass is 168 g/mol. The highest BCUT2D eigenvalue weighted by Gasteiger charge is 2.69. The number of hydrogen-bond acceptors (Lipinski definition) is 1. The van der Waals surface area contributed by atoms with Crippen LogP contribution < -0.4 is 0 Å². The van der Waals surface area contributed by atoms with E-state index in [0.717, 1.165) is 5.92 Å². The Morgan fingerprint density at radius 2 is 1.92 bits per heavy atom. The van der Waals surface area contributed by atoms with Crippen LogP contribution in [0.4, 0.5) is 0 Å². The van der Waals surface area contributed by atoms with E-state index in [1.165, 1.54) is 19.3 Å². The molecule has 2 bridgehead atoms. The van der Waals surface area contributed by atoms with Gasteiger partial charge in [-0.25, -0.2) is 0 Å². The predicted octanol–water partition coefficient (Wildman–Crippen LogP) is 2.58. The molecule has 3 aliphatic rings. The first-order chi connectivity index (χ1) is 5.31. The molecular weight excluding hydrogens is 148 g/mol. The van der Waals surface area contributed by atoms with Crippen LogP contribution in [-0.4, -0.2) is 10.7 Å². The van der Waals surface area contributed by atoms with E-state index < -0.39 is 5.60 Å². The molecule has 3 aliphatic carbocycles. The number of hydrogen-bond donors (Lipinski definition) is 1. The maximum Gasteiger partial charge on any atom is 0.0653 e. The van der Waals surface area contributed by atoms with E-state index >= 15 is 0 Å². The maximum atomic E-state index is 10.2. The van der Waals surface area contributed by atoms with E-state index in [0.29, 0.717) is 5.41 Å². The number of aliphatic hydroxyl groups is 1. The maximum absolute atomic E-state index is 10.2. The van der Waals surface area contributed by atoms with Crippen molar-refractivity contribution >= 4 is 0 Å². The van der Waals surface area contributed by atoms with Gasteiger partial charge in [0, 0.05) is 5.41 Å². The summed E-state index contributed by atoms with van der Waals surface area (Å²) in [6.45, 7) is 8.62. The highest BCUT2D eigenvalue weighted by Crippen LogP contribution is 2.74. The summed E-state index contributed by atoms with van der Waals surface area (Å²) in [5.74, 6) is 0.879. The molecule has 3 saturated carbocycles. The molecule has 0 aliphatic heterocycles. The van der Waals surface area contributed by atoms with Crippen LogP contribution in [0.1, 0.15) is 47.0 Å². The average molecular weight is 168 g/mol. The van der Waals surface area contributed by atoms with Crippen molar-refractivity contribution in [2.24, 2.45) is 16.7 Å². The van der Waals surface area contributed by atoms with Gasteiger partial charge in [0.15, 0.2) is 0 Å². The molecule has 1 nitrogen and oxygen atoms in total. The first-order valence-corrected chi connectivity index (χ1v) is 5.04. The summed E-state index contributed by atoms with van der Waals surface area (Å²) in [4.78, 5) is 0. The third-order valence-corrected chi connectivity index (χ3v) is 4.94. The Hall–Kier alpha value is -0.0400. The highest BCUT2D eigenvalue weighted by atomic mass is 16.3. The molecule has 3 rings (SSSR count). The molecule has 70 valence electrons. The molecule has 0 aromatic carbocycles. The molecule has 0 aromatic heterocycles. The fraction of sp³-hybridized carbons (Fsp3) is 1.00. The zero-order valence-electron chi connectivity index (χ0n) is 8.65. The molecule has 0 aromatic rings. The van der Waals surface area contributed by atoms with Crippen molar-refractivity contribution in [3.63, 3.8) is 0 Å². The topological polar surface area (TPSA) is 20.2 Å². The SMILES string of the molecule is CC(C)(O)[C@]12CC[C@H](C1)C2(C)C. The van der Waals surface area contributed by atoms with Crippen LogP contribution >= 0.6 is 0 Å². The summed E-state index contributed by atoms with van der Waals surface area (Å²) in [5.41, 5.74) is 0.124. The summed E-state index contributed by atoms with van der Waals surface area (Å²) in [7, 11) is 0. The first kappa shape index (κ1) is 8.55. The standard InChI is InChI=1S/C11H20O/c1-9(2)8-5-6-11(9,7-8)10(3,4)12/h8,12H,5-7H2,1-4H3/t8-,11-/m1/s1. The quantitative estimate of drug-likeness (QED) is 0.638. The molecule has 3 fully saturated rings. The molecule has 12 heavy (non-hydrogen) atoms. The lowest BCUT2D eigenvalue weighted by molar-refractivity contribution is -0.183. The van der Waals surface area contributed by atoms with Crippen LogP contribution in [0.25, 0.3) is 0 Å². The second kappa shape index (κ2) is 1.89. The van der Waals surface area contributed by atoms with Crippen LogP contribution in [0.5, 0.6) is 0 Å². The Balaban J connectivity index is 2.35. The minimum Gasteiger partial charge on any atom is -0.390 e. The number of rotatable bonds is 1. The van der Waals surface area contributed by atoms with E-state index in [1.54, 1.807) is 0 Å². The van der Waals surface area contributed by atoms with Gasteiger partial charge < -0.3 is 5.11 Å². The lowest BCUT2D eigenvalue weighted by Crippen LogP contribution is -2.59. The van der Waals surface area contributed by atoms with Gasteiger partial charge in [-0.3, -0.25) is 0 Å². The zero-order chi connectivity index (χ0) is 9.20. The summed E-state index contributed by atoms with van der Waals surface area (Å²) >= 11 is 0. The van der Waals surface area contributed by atoms with Gasteiger partial charge in [-0.05, 0) is 44.4 Å². The molecular formula is C11H20O. The molecule has 1 heteroatoms. The smallest absolute Gasteiger partial charge is 0.0653 e. The van der Waals surface area contributed by atoms with Crippen LogP contribution in [0.15, 0.2) is 0 Å². The minimum absolute atomic E-state index is 0.227. The third-order valence-electron chi connectivity index (χ3n) is 4.94. The Bertz CT molecular complexity index is 208. The first-order valence-electron chi connectivity index (χ1n) is 5.04. The number of fused-ring (bicyclic) bond motifs is 1. The van der Waals surface area contributed by atoms with Crippen molar-refractivity contribution in [2.75, 3.05) is 0 Å².